The monoisotopic (exact) mass is 306 g/mol. The molecule has 0 saturated carbocycles. The second-order valence-electron chi connectivity index (χ2n) is 6.32. The second kappa shape index (κ2) is 5.51. The molecule has 6 heteroatoms. The summed E-state index contributed by atoms with van der Waals surface area (Å²) in [7, 11) is 0. The lowest BCUT2D eigenvalue weighted by Gasteiger charge is -2.38. The zero-order valence-corrected chi connectivity index (χ0v) is 13.1. The van der Waals surface area contributed by atoms with E-state index >= 15 is 0 Å². The van der Waals surface area contributed by atoms with Crippen LogP contribution >= 0.6 is 0 Å². The Kier molecular flexibility index (Phi) is 4.04. The van der Waals surface area contributed by atoms with Gasteiger partial charge in [0.25, 0.3) is 5.91 Å². The molecule has 0 bridgehead atoms. The molecule has 1 aromatic rings. The van der Waals surface area contributed by atoms with E-state index in [-0.39, 0.29) is 12.3 Å². The molecule has 1 saturated heterocycles. The molecule has 1 aliphatic heterocycles. The molecule has 1 unspecified atom stereocenters. The fourth-order valence-corrected chi connectivity index (χ4v) is 2.84. The smallest absolute Gasteiger partial charge is 0.257 e. The number of anilines is 1. The average Bonchev–Trinajstić information content (AvgIpc) is 2.64. The Morgan fingerprint density at radius 1 is 1.23 bits per heavy atom. The van der Waals surface area contributed by atoms with Crippen molar-refractivity contribution in [3.8, 4) is 0 Å². The number of imide groups is 1. The summed E-state index contributed by atoms with van der Waals surface area (Å²) in [6.07, 6.45) is -0.0624. The molecular formula is C16H19FN2O3. The summed E-state index contributed by atoms with van der Waals surface area (Å²) in [4.78, 5) is 39.2. The number of carbonyl (C=O) groups is 3. The van der Waals surface area contributed by atoms with Crippen molar-refractivity contribution >= 4 is 23.4 Å². The van der Waals surface area contributed by atoms with Crippen LogP contribution in [-0.4, -0.2) is 34.2 Å². The molecular weight excluding hydrogens is 287 g/mol. The molecule has 5 nitrogen and oxygen atoms in total. The summed E-state index contributed by atoms with van der Waals surface area (Å²) in [5.74, 6) is -1.56. The zero-order chi connectivity index (χ0) is 16.7. The van der Waals surface area contributed by atoms with Crippen molar-refractivity contribution in [3.05, 3.63) is 30.1 Å². The van der Waals surface area contributed by atoms with E-state index in [2.05, 4.69) is 0 Å². The minimum atomic E-state index is -0.824. The number of benzene rings is 1. The number of rotatable bonds is 2. The molecule has 1 heterocycles. The van der Waals surface area contributed by atoms with Gasteiger partial charge in [0, 0.05) is 12.5 Å². The Bertz CT molecular complexity index is 619. The van der Waals surface area contributed by atoms with Crippen LogP contribution in [0.2, 0.25) is 0 Å². The van der Waals surface area contributed by atoms with Gasteiger partial charge in [-0.15, -0.1) is 0 Å². The largest absolute Gasteiger partial charge is 0.326 e. The number of nitrogens with zero attached hydrogens (tertiary/aromatic N) is 2. The molecule has 118 valence electrons. The predicted molar refractivity (Wildman–Crippen MR) is 79.6 cm³/mol. The quantitative estimate of drug-likeness (QED) is 0.786. The van der Waals surface area contributed by atoms with E-state index in [1.807, 2.05) is 20.8 Å². The van der Waals surface area contributed by atoms with Crippen molar-refractivity contribution in [3.63, 3.8) is 0 Å². The van der Waals surface area contributed by atoms with E-state index < -0.39 is 29.2 Å². The van der Waals surface area contributed by atoms with E-state index in [4.69, 9.17) is 0 Å². The Morgan fingerprint density at radius 2 is 1.77 bits per heavy atom. The van der Waals surface area contributed by atoms with Gasteiger partial charge in [-0.05, 0) is 45.0 Å². The summed E-state index contributed by atoms with van der Waals surface area (Å²) < 4.78 is 13.0. The number of hydrogen-bond donors (Lipinski definition) is 0. The normalized spacial score (nSPS) is 18.8. The molecule has 2 rings (SSSR count). The van der Waals surface area contributed by atoms with Crippen molar-refractivity contribution in [2.24, 2.45) is 0 Å². The van der Waals surface area contributed by atoms with Crippen molar-refractivity contribution in [2.75, 3.05) is 4.90 Å². The van der Waals surface area contributed by atoms with Crippen molar-refractivity contribution < 1.29 is 18.8 Å². The van der Waals surface area contributed by atoms with Gasteiger partial charge in [0.15, 0.2) is 0 Å². The van der Waals surface area contributed by atoms with Crippen LogP contribution in [0, 0.1) is 5.82 Å². The maximum absolute atomic E-state index is 13.0. The average molecular weight is 306 g/mol. The maximum atomic E-state index is 13.0. The Hall–Kier alpha value is -2.24. The first-order chi connectivity index (χ1) is 10.1. The van der Waals surface area contributed by atoms with Gasteiger partial charge in [-0.2, -0.15) is 0 Å². The van der Waals surface area contributed by atoms with Gasteiger partial charge in [-0.3, -0.25) is 14.4 Å². The molecule has 3 amide bonds. The number of carbonyl (C=O) groups excluding carboxylic acids is 3. The summed E-state index contributed by atoms with van der Waals surface area (Å²) in [5.41, 5.74) is -0.262. The van der Waals surface area contributed by atoms with Crippen LogP contribution in [0.3, 0.4) is 0 Å². The first-order valence-electron chi connectivity index (χ1n) is 7.05. The lowest BCUT2D eigenvalue weighted by Crippen LogP contribution is -2.53. The third-order valence-corrected chi connectivity index (χ3v) is 3.58. The third-order valence-electron chi connectivity index (χ3n) is 3.58. The highest BCUT2D eigenvalue weighted by Crippen LogP contribution is 2.29. The van der Waals surface area contributed by atoms with E-state index in [1.165, 1.54) is 36.1 Å². The first kappa shape index (κ1) is 16.1. The van der Waals surface area contributed by atoms with Gasteiger partial charge in [0.1, 0.15) is 11.9 Å². The van der Waals surface area contributed by atoms with Gasteiger partial charge in [-0.25, -0.2) is 9.29 Å². The Labute approximate surface area is 128 Å². The Balaban J connectivity index is 2.36. The summed E-state index contributed by atoms with van der Waals surface area (Å²) in [6, 6.07) is 4.31. The third kappa shape index (κ3) is 2.86. The summed E-state index contributed by atoms with van der Waals surface area (Å²) >= 11 is 0. The van der Waals surface area contributed by atoms with Crippen LogP contribution in [0.1, 0.15) is 34.1 Å². The highest BCUT2D eigenvalue weighted by atomic mass is 19.1. The first-order valence-corrected chi connectivity index (χ1v) is 7.05. The van der Waals surface area contributed by atoms with E-state index in [0.717, 1.165) is 4.90 Å². The van der Waals surface area contributed by atoms with Crippen molar-refractivity contribution in [1.29, 1.82) is 0 Å². The molecule has 1 aromatic carbocycles. The molecule has 1 atom stereocenters. The molecule has 1 fully saturated rings. The van der Waals surface area contributed by atoms with Crippen LogP contribution in [0.15, 0.2) is 24.3 Å². The fourth-order valence-electron chi connectivity index (χ4n) is 2.84. The van der Waals surface area contributed by atoms with Crippen LogP contribution in [0.5, 0.6) is 0 Å². The molecule has 0 spiro atoms. The molecule has 0 N–H and O–H groups in total. The molecule has 0 aromatic heterocycles. The predicted octanol–water partition coefficient (Wildman–Crippen LogP) is 2.10. The lowest BCUT2D eigenvalue weighted by molar-refractivity contribution is -0.142. The van der Waals surface area contributed by atoms with Crippen LogP contribution in [0.25, 0.3) is 0 Å². The minimum Gasteiger partial charge on any atom is -0.326 e. The Morgan fingerprint density at radius 3 is 2.23 bits per heavy atom. The van der Waals surface area contributed by atoms with Crippen LogP contribution < -0.4 is 4.90 Å². The summed E-state index contributed by atoms with van der Waals surface area (Å²) in [6.45, 7) is 6.82. The lowest BCUT2D eigenvalue weighted by atomic mass is 10.0. The minimum absolute atomic E-state index is 0.0624. The van der Waals surface area contributed by atoms with E-state index in [9.17, 15) is 18.8 Å². The second-order valence-corrected chi connectivity index (χ2v) is 6.32. The maximum Gasteiger partial charge on any atom is 0.257 e. The highest BCUT2D eigenvalue weighted by Gasteiger charge is 2.46. The van der Waals surface area contributed by atoms with E-state index in [1.54, 1.807) is 0 Å². The number of hydrogen-bond acceptors (Lipinski definition) is 3. The molecule has 22 heavy (non-hydrogen) atoms. The van der Waals surface area contributed by atoms with Crippen molar-refractivity contribution in [1.82, 2.24) is 4.90 Å². The zero-order valence-electron chi connectivity index (χ0n) is 13.1. The number of halogens is 1. The van der Waals surface area contributed by atoms with E-state index in [0.29, 0.717) is 5.69 Å². The topological polar surface area (TPSA) is 57.7 Å². The van der Waals surface area contributed by atoms with Gasteiger partial charge in [0.05, 0.1) is 12.1 Å². The fraction of sp³-hybridized carbons (Fsp3) is 0.438. The SMILES string of the molecule is CC(=O)N(C1CC(=O)N(c2ccc(F)cc2)C1=O)C(C)(C)C. The van der Waals surface area contributed by atoms with Gasteiger partial charge in [0.2, 0.25) is 11.8 Å². The van der Waals surface area contributed by atoms with Gasteiger partial charge >= 0.3 is 0 Å². The highest BCUT2D eigenvalue weighted by molar-refractivity contribution is 6.23. The van der Waals surface area contributed by atoms with Crippen LogP contribution in [0.4, 0.5) is 10.1 Å². The summed E-state index contributed by atoms with van der Waals surface area (Å²) in [5, 5.41) is 0. The van der Waals surface area contributed by atoms with Gasteiger partial charge < -0.3 is 4.90 Å². The molecule has 0 radical (unpaired) electrons. The standard InChI is InChI=1S/C16H19FN2O3/c1-10(20)19(16(2,3)4)13-9-14(21)18(15(13)22)12-7-5-11(17)6-8-12/h5-8,13H,9H2,1-4H3. The number of amides is 3. The van der Waals surface area contributed by atoms with Gasteiger partial charge in [-0.1, -0.05) is 0 Å². The molecule has 1 aliphatic rings. The van der Waals surface area contributed by atoms with Crippen molar-refractivity contribution in [2.45, 2.75) is 45.7 Å². The van der Waals surface area contributed by atoms with Crippen LogP contribution in [-0.2, 0) is 14.4 Å². The molecule has 0 aliphatic carbocycles.